The zero-order valence-corrected chi connectivity index (χ0v) is 16.2. The SMILES string of the molecule is C/C(=C/[C@H](C)C[Si](C)(C)C)C(c1ccccc1C)N(C)C. The minimum atomic E-state index is -0.997. The number of nitrogens with zero attached hydrogens (tertiary/aromatic N) is 1. The highest BCUT2D eigenvalue weighted by atomic mass is 28.3. The highest BCUT2D eigenvalue weighted by molar-refractivity contribution is 6.76. The first-order valence-corrected chi connectivity index (χ1v) is 11.7. The molecule has 0 bridgehead atoms. The average Bonchev–Trinajstić information content (AvgIpc) is 2.28. The zero-order valence-electron chi connectivity index (χ0n) is 15.2. The van der Waals surface area contributed by atoms with Crippen LogP contribution in [0.1, 0.15) is 31.0 Å². The highest BCUT2D eigenvalue weighted by Crippen LogP contribution is 2.30. The van der Waals surface area contributed by atoms with Gasteiger partial charge >= 0.3 is 0 Å². The molecule has 2 heteroatoms. The van der Waals surface area contributed by atoms with Crippen LogP contribution in [-0.2, 0) is 0 Å². The van der Waals surface area contributed by atoms with Crippen LogP contribution in [0.4, 0.5) is 0 Å². The van der Waals surface area contributed by atoms with Gasteiger partial charge in [-0.3, -0.25) is 4.90 Å². The Balaban J connectivity index is 3.04. The summed E-state index contributed by atoms with van der Waals surface area (Å²) in [6.07, 6.45) is 2.50. The molecule has 0 heterocycles. The number of aryl methyl sites for hydroxylation is 1. The second-order valence-electron chi connectivity index (χ2n) is 7.88. The Bertz CT molecular complexity index is 483. The summed E-state index contributed by atoms with van der Waals surface area (Å²) in [6, 6.07) is 10.5. The summed E-state index contributed by atoms with van der Waals surface area (Å²) in [5.41, 5.74) is 4.28. The molecular weight excluding hydrogens is 270 g/mol. The molecule has 0 aliphatic rings. The summed E-state index contributed by atoms with van der Waals surface area (Å²) in [5, 5.41) is 0. The first-order chi connectivity index (χ1) is 9.61. The molecule has 1 unspecified atom stereocenters. The van der Waals surface area contributed by atoms with Crippen molar-refractivity contribution < 1.29 is 0 Å². The van der Waals surface area contributed by atoms with Crippen LogP contribution in [0.3, 0.4) is 0 Å². The molecule has 0 saturated heterocycles. The average molecular weight is 304 g/mol. The van der Waals surface area contributed by atoms with Crippen molar-refractivity contribution in [3.8, 4) is 0 Å². The van der Waals surface area contributed by atoms with Gasteiger partial charge in [0.2, 0.25) is 0 Å². The molecule has 1 rings (SSSR count). The molecule has 0 spiro atoms. The lowest BCUT2D eigenvalue weighted by Crippen LogP contribution is -2.24. The molecular formula is C19H33NSi. The largest absolute Gasteiger partial charge is 0.299 e. The Morgan fingerprint density at radius 1 is 1.19 bits per heavy atom. The normalized spacial score (nSPS) is 16.1. The van der Waals surface area contributed by atoms with E-state index >= 15 is 0 Å². The van der Waals surface area contributed by atoms with Crippen LogP contribution in [-0.4, -0.2) is 27.1 Å². The van der Waals surface area contributed by atoms with Crippen LogP contribution in [0, 0.1) is 12.8 Å². The second-order valence-corrected chi connectivity index (χ2v) is 13.4. The number of likely N-dealkylation sites (N-methyl/N-ethyl adjacent to an activating group) is 1. The fourth-order valence-electron chi connectivity index (χ4n) is 3.39. The molecule has 1 nitrogen and oxygen atoms in total. The number of hydrogen-bond donors (Lipinski definition) is 0. The summed E-state index contributed by atoms with van der Waals surface area (Å²) < 4.78 is 0. The third-order valence-electron chi connectivity index (χ3n) is 3.91. The minimum absolute atomic E-state index is 0.385. The van der Waals surface area contributed by atoms with Gasteiger partial charge in [0, 0.05) is 8.07 Å². The van der Waals surface area contributed by atoms with Crippen LogP contribution in [0.5, 0.6) is 0 Å². The molecule has 2 atom stereocenters. The van der Waals surface area contributed by atoms with E-state index < -0.39 is 8.07 Å². The van der Waals surface area contributed by atoms with Gasteiger partial charge in [0.1, 0.15) is 0 Å². The fraction of sp³-hybridized carbons (Fsp3) is 0.579. The quantitative estimate of drug-likeness (QED) is 0.494. The summed E-state index contributed by atoms with van der Waals surface area (Å²) >= 11 is 0. The summed E-state index contributed by atoms with van der Waals surface area (Å²) in [4.78, 5) is 2.33. The molecule has 0 radical (unpaired) electrons. The Morgan fingerprint density at radius 3 is 2.24 bits per heavy atom. The maximum atomic E-state index is 2.50. The van der Waals surface area contributed by atoms with Crippen LogP contribution >= 0.6 is 0 Å². The van der Waals surface area contributed by atoms with Crippen molar-refractivity contribution in [3.63, 3.8) is 0 Å². The first kappa shape index (κ1) is 18.2. The van der Waals surface area contributed by atoms with E-state index in [1.807, 2.05) is 0 Å². The van der Waals surface area contributed by atoms with Crippen LogP contribution in [0.25, 0.3) is 0 Å². The van der Waals surface area contributed by atoms with E-state index in [-0.39, 0.29) is 0 Å². The van der Waals surface area contributed by atoms with Gasteiger partial charge in [-0.15, -0.1) is 0 Å². The summed E-state index contributed by atoms with van der Waals surface area (Å²) in [7, 11) is 3.36. The third-order valence-corrected chi connectivity index (χ3v) is 5.78. The minimum Gasteiger partial charge on any atom is -0.299 e. The highest BCUT2D eigenvalue weighted by Gasteiger charge is 2.20. The van der Waals surface area contributed by atoms with Gasteiger partial charge < -0.3 is 0 Å². The number of benzene rings is 1. The van der Waals surface area contributed by atoms with E-state index in [1.54, 1.807) is 0 Å². The molecule has 1 aromatic rings. The Hall–Kier alpha value is -0.863. The van der Waals surface area contributed by atoms with Crippen molar-refractivity contribution >= 4 is 8.07 Å². The second kappa shape index (κ2) is 7.41. The molecule has 118 valence electrons. The van der Waals surface area contributed by atoms with Crippen molar-refractivity contribution in [1.82, 2.24) is 4.90 Å². The summed E-state index contributed by atoms with van der Waals surface area (Å²) in [6.45, 7) is 14.2. The number of rotatable bonds is 6. The Morgan fingerprint density at radius 2 is 1.76 bits per heavy atom. The van der Waals surface area contributed by atoms with Gasteiger partial charge in [-0.1, -0.05) is 68.5 Å². The molecule has 0 aliphatic carbocycles. The van der Waals surface area contributed by atoms with Crippen LogP contribution in [0.2, 0.25) is 25.7 Å². The van der Waals surface area contributed by atoms with E-state index in [2.05, 4.69) is 89.7 Å². The predicted molar refractivity (Wildman–Crippen MR) is 98.7 cm³/mol. The molecule has 0 fully saturated rings. The van der Waals surface area contributed by atoms with Gasteiger partial charge in [0.15, 0.2) is 0 Å². The van der Waals surface area contributed by atoms with E-state index in [9.17, 15) is 0 Å². The van der Waals surface area contributed by atoms with Crippen molar-refractivity contribution in [2.45, 2.75) is 52.5 Å². The molecule has 0 aliphatic heterocycles. The van der Waals surface area contributed by atoms with Crippen molar-refractivity contribution in [3.05, 3.63) is 47.0 Å². The summed E-state index contributed by atoms with van der Waals surface area (Å²) in [5.74, 6) is 0.670. The van der Waals surface area contributed by atoms with E-state index in [0.29, 0.717) is 12.0 Å². The standard InChI is InChI=1S/C19H33NSi/c1-15(14-21(6,7)8)13-17(3)19(20(4)5)18-12-10-9-11-16(18)2/h9-13,15,19H,14H2,1-8H3/b17-13-/t15-,19?/m0/s1. The van der Waals surface area contributed by atoms with E-state index in [1.165, 1.54) is 22.7 Å². The van der Waals surface area contributed by atoms with Gasteiger partial charge in [-0.25, -0.2) is 0 Å². The van der Waals surface area contributed by atoms with Crippen LogP contribution in [0.15, 0.2) is 35.9 Å². The Kier molecular flexibility index (Phi) is 6.42. The lowest BCUT2D eigenvalue weighted by Gasteiger charge is -2.28. The molecule has 1 aromatic carbocycles. The lowest BCUT2D eigenvalue weighted by molar-refractivity contribution is 0.335. The maximum Gasteiger partial charge on any atom is 0.0556 e. The molecule has 0 N–H and O–H groups in total. The lowest BCUT2D eigenvalue weighted by atomic mass is 9.93. The molecule has 0 amide bonds. The van der Waals surface area contributed by atoms with Gasteiger partial charge in [-0.05, 0) is 45.0 Å². The monoisotopic (exact) mass is 303 g/mol. The van der Waals surface area contributed by atoms with Gasteiger partial charge in [-0.2, -0.15) is 0 Å². The smallest absolute Gasteiger partial charge is 0.0556 e. The topological polar surface area (TPSA) is 3.24 Å². The predicted octanol–water partition coefficient (Wildman–Crippen LogP) is 5.52. The maximum absolute atomic E-state index is 2.50. The first-order valence-electron chi connectivity index (χ1n) is 8.02. The van der Waals surface area contributed by atoms with Crippen LogP contribution < -0.4 is 0 Å². The van der Waals surface area contributed by atoms with Gasteiger partial charge in [0.25, 0.3) is 0 Å². The molecule has 0 aromatic heterocycles. The van der Waals surface area contributed by atoms with E-state index in [0.717, 1.165) is 0 Å². The van der Waals surface area contributed by atoms with Crippen molar-refractivity contribution in [2.24, 2.45) is 5.92 Å². The Labute approximate surface area is 133 Å². The van der Waals surface area contributed by atoms with E-state index in [4.69, 9.17) is 0 Å². The number of hydrogen-bond acceptors (Lipinski definition) is 1. The molecule has 21 heavy (non-hydrogen) atoms. The number of allylic oxidation sites excluding steroid dienone is 1. The van der Waals surface area contributed by atoms with Gasteiger partial charge in [0.05, 0.1) is 6.04 Å². The fourth-order valence-corrected chi connectivity index (χ4v) is 5.44. The van der Waals surface area contributed by atoms with Crippen molar-refractivity contribution in [2.75, 3.05) is 14.1 Å². The molecule has 0 saturated carbocycles. The third kappa shape index (κ3) is 5.80. The zero-order chi connectivity index (χ0) is 16.2. The van der Waals surface area contributed by atoms with Crippen molar-refractivity contribution in [1.29, 1.82) is 0 Å².